The van der Waals surface area contributed by atoms with Crippen molar-refractivity contribution in [3.05, 3.63) is 41.2 Å². The van der Waals surface area contributed by atoms with Crippen molar-refractivity contribution in [3.8, 4) is 0 Å². The minimum absolute atomic E-state index is 0.184. The summed E-state index contributed by atoms with van der Waals surface area (Å²) in [6.07, 6.45) is 3.25. The molecule has 1 aromatic carbocycles. The number of nitrogens with one attached hydrogen (secondary N) is 1. The van der Waals surface area contributed by atoms with Crippen LogP contribution in [-0.4, -0.2) is 39.7 Å². The molecule has 0 amide bonds. The van der Waals surface area contributed by atoms with Crippen LogP contribution in [0.3, 0.4) is 0 Å². The monoisotopic (exact) mass is 321 g/mol. The number of hydrogen-bond acceptors (Lipinski definition) is 4. The Labute approximate surface area is 133 Å². The van der Waals surface area contributed by atoms with Gasteiger partial charge in [0.25, 0.3) is 0 Å². The lowest BCUT2D eigenvalue weighted by atomic mass is 9.97. The number of aromatic nitrogens is 3. The summed E-state index contributed by atoms with van der Waals surface area (Å²) >= 11 is 0. The Balaban J connectivity index is 1.52. The molecule has 0 saturated carbocycles. The molecule has 0 aliphatic carbocycles. The fourth-order valence-electron chi connectivity index (χ4n) is 3.20. The third-order valence-electron chi connectivity index (χ3n) is 4.38. The maximum Gasteiger partial charge on any atom is 0.239 e. The Hall–Kier alpha value is -2.02. The van der Waals surface area contributed by atoms with Crippen LogP contribution < -0.4 is 5.73 Å². The number of benzene rings is 1. The summed E-state index contributed by atoms with van der Waals surface area (Å²) < 4.78 is 27.2. The van der Waals surface area contributed by atoms with Crippen molar-refractivity contribution < 1.29 is 8.78 Å². The first-order chi connectivity index (χ1) is 11.1. The normalized spacial score (nSPS) is 19.1. The van der Waals surface area contributed by atoms with Crippen molar-refractivity contribution in [1.82, 2.24) is 20.1 Å². The van der Waals surface area contributed by atoms with Crippen LogP contribution in [0.25, 0.3) is 0 Å². The highest BCUT2D eigenvalue weighted by Gasteiger charge is 2.23. The first-order valence-corrected chi connectivity index (χ1v) is 7.96. The predicted octanol–water partition coefficient (Wildman–Crippen LogP) is 2.48. The van der Waals surface area contributed by atoms with Gasteiger partial charge in [0, 0.05) is 18.0 Å². The quantitative estimate of drug-likeness (QED) is 0.887. The van der Waals surface area contributed by atoms with Gasteiger partial charge in [-0.25, -0.2) is 8.78 Å². The topological polar surface area (TPSA) is 70.8 Å². The minimum atomic E-state index is -0.460. The lowest BCUT2D eigenvalue weighted by Crippen LogP contribution is -2.35. The van der Waals surface area contributed by atoms with Crippen LogP contribution >= 0.6 is 0 Å². The lowest BCUT2D eigenvalue weighted by Gasteiger charge is -2.31. The molecule has 0 radical (unpaired) electrons. The van der Waals surface area contributed by atoms with Gasteiger partial charge >= 0.3 is 0 Å². The molecule has 1 aliphatic heterocycles. The highest BCUT2D eigenvalue weighted by atomic mass is 19.1. The van der Waals surface area contributed by atoms with Gasteiger partial charge in [-0.3, -0.25) is 5.10 Å². The van der Waals surface area contributed by atoms with E-state index in [1.165, 1.54) is 18.2 Å². The molecule has 1 atom stereocenters. The van der Waals surface area contributed by atoms with Crippen molar-refractivity contribution in [1.29, 1.82) is 0 Å². The number of nitrogens with two attached hydrogens (primary N) is 1. The average molecular weight is 321 g/mol. The largest absolute Gasteiger partial charge is 0.367 e. The number of aromatic amines is 1. The SMILES string of the molecule is Nc1n[nH]c([C@H]2CCCN(CCCc3c(F)cccc3F)C2)n1. The Bertz CT molecular complexity index is 637. The molecule has 1 saturated heterocycles. The number of H-pyrrole nitrogens is 1. The molecule has 2 heterocycles. The van der Waals surface area contributed by atoms with Gasteiger partial charge in [0.05, 0.1) is 0 Å². The van der Waals surface area contributed by atoms with Crippen LogP contribution in [0.15, 0.2) is 18.2 Å². The standard InChI is InChI=1S/C16H21F2N5/c17-13-6-1-7-14(18)12(13)5-3-9-23-8-2-4-11(10-23)15-20-16(19)22-21-15/h1,6-7,11H,2-5,8-10H2,(H3,19,20,21,22)/t11-/m0/s1. The number of rotatable bonds is 5. The van der Waals surface area contributed by atoms with Gasteiger partial charge in [-0.15, -0.1) is 5.10 Å². The second-order valence-corrected chi connectivity index (χ2v) is 6.02. The number of likely N-dealkylation sites (tertiary alicyclic amines) is 1. The third kappa shape index (κ3) is 3.85. The van der Waals surface area contributed by atoms with Crippen LogP contribution in [-0.2, 0) is 6.42 Å². The zero-order valence-electron chi connectivity index (χ0n) is 12.9. The molecule has 1 aliphatic rings. The summed E-state index contributed by atoms with van der Waals surface area (Å²) in [5.41, 5.74) is 5.74. The Kier molecular flexibility index (Phi) is 4.85. The van der Waals surface area contributed by atoms with E-state index in [4.69, 9.17) is 5.73 Å². The number of piperidine rings is 1. The molecule has 0 unspecified atom stereocenters. The fourth-order valence-corrected chi connectivity index (χ4v) is 3.20. The lowest BCUT2D eigenvalue weighted by molar-refractivity contribution is 0.202. The highest BCUT2D eigenvalue weighted by Crippen LogP contribution is 2.25. The van der Waals surface area contributed by atoms with Crippen LogP contribution in [0.2, 0.25) is 0 Å². The summed E-state index contributed by atoms with van der Waals surface area (Å²) in [5, 5.41) is 6.76. The average Bonchev–Trinajstić information content (AvgIpc) is 2.97. The van der Waals surface area contributed by atoms with Gasteiger partial charge < -0.3 is 10.6 Å². The van der Waals surface area contributed by atoms with Crippen LogP contribution in [0, 0.1) is 11.6 Å². The number of halogens is 2. The van der Waals surface area contributed by atoms with Crippen molar-refractivity contribution >= 4 is 5.95 Å². The third-order valence-corrected chi connectivity index (χ3v) is 4.38. The van der Waals surface area contributed by atoms with Crippen molar-refractivity contribution in [2.24, 2.45) is 0 Å². The van der Waals surface area contributed by atoms with E-state index < -0.39 is 11.6 Å². The molecule has 23 heavy (non-hydrogen) atoms. The minimum Gasteiger partial charge on any atom is -0.367 e. The molecule has 5 nitrogen and oxygen atoms in total. The summed E-state index contributed by atoms with van der Waals surface area (Å²) in [6, 6.07) is 4.01. The van der Waals surface area contributed by atoms with Gasteiger partial charge in [-0.1, -0.05) is 6.07 Å². The molecular weight excluding hydrogens is 300 g/mol. The van der Waals surface area contributed by atoms with Crippen molar-refractivity contribution in [3.63, 3.8) is 0 Å². The maximum atomic E-state index is 13.6. The Morgan fingerprint density at radius 2 is 2.09 bits per heavy atom. The number of nitrogens with zero attached hydrogens (tertiary/aromatic N) is 3. The summed E-state index contributed by atoms with van der Waals surface area (Å²) in [4.78, 5) is 6.52. The van der Waals surface area contributed by atoms with Gasteiger partial charge in [0.2, 0.25) is 5.95 Å². The molecule has 3 N–H and O–H groups in total. The van der Waals surface area contributed by atoms with E-state index in [0.29, 0.717) is 12.3 Å². The molecule has 7 heteroatoms. The maximum absolute atomic E-state index is 13.6. The van der Waals surface area contributed by atoms with E-state index >= 15 is 0 Å². The zero-order chi connectivity index (χ0) is 16.2. The number of anilines is 1. The van der Waals surface area contributed by atoms with E-state index in [0.717, 1.165) is 44.7 Å². The van der Waals surface area contributed by atoms with E-state index in [9.17, 15) is 8.78 Å². The smallest absolute Gasteiger partial charge is 0.239 e. The van der Waals surface area contributed by atoms with Gasteiger partial charge in [0.15, 0.2) is 0 Å². The molecule has 0 spiro atoms. The Morgan fingerprint density at radius 1 is 1.30 bits per heavy atom. The van der Waals surface area contributed by atoms with E-state index in [-0.39, 0.29) is 11.5 Å². The van der Waals surface area contributed by atoms with Gasteiger partial charge in [0.1, 0.15) is 17.5 Å². The summed E-state index contributed by atoms with van der Waals surface area (Å²) in [5.74, 6) is 0.468. The van der Waals surface area contributed by atoms with Crippen molar-refractivity contribution in [2.45, 2.75) is 31.6 Å². The predicted molar refractivity (Wildman–Crippen MR) is 83.9 cm³/mol. The highest BCUT2D eigenvalue weighted by molar-refractivity contribution is 5.19. The first kappa shape index (κ1) is 15.9. The molecule has 2 aromatic rings. The summed E-state index contributed by atoms with van der Waals surface area (Å²) in [7, 11) is 0. The van der Waals surface area contributed by atoms with E-state index in [1.54, 1.807) is 0 Å². The number of nitrogen functional groups attached to an aromatic ring is 1. The molecule has 124 valence electrons. The van der Waals surface area contributed by atoms with Crippen LogP contribution in [0.5, 0.6) is 0 Å². The summed E-state index contributed by atoms with van der Waals surface area (Å²) in [6.45, 7) is 2.68. The van der Waals surface area contributed by atoms with Crippen LogP contribution in [0.4, 0.5) is 14.7 Å². The fraction of sp³-hybridized carbons (Fsp3) is 0.500. The van der Waals surface area contributed by atoms with Crippen molar-refractivity contribution in [2.75, 3.05) is 25.4 Å². The van der Waals surface area contributed by atoms with E-state index in [2.05, 4.69) is 20.1 Å². The Morgan fingerprint density at radius 3 is 2.78 bits per heavy atom. The molecule has 0 bridgehead atoms. The first-order valence-electron chi connectivity index (χ1n) is 7.96. The van der Waals surface area contributed by atoms with Gasteiger partial charge in [-0.2, -0.15) is 4.98 Å². The van der Waals surface area contributed by atoms with Crippen LogP contribution in [0.1, 0.15) is 36.6 Å². The number of hydrogen-bond donors (Lipinski definition) is 2. The van der Waals surface area contributed by atoms with E-state index in [1.807, 2.05) is 0 Å². The second-order valence-electron chi connectivity index (χ2n) is 6.02. The molecule has 1 aromatic heterocycles. The zero-order valence-corrected chi connectivity index (χ0v) is 12.9. The van der Waals surface area contributed by atoms with Gasteiger partial charge in [-0.05, 0) is 50.9 Å². The molecule has 3 rings (SSSR count). The second kappa shape index (κ2) is 7.04. The molecule has 1 fully saturated rings. The molecular formula is C16H21F2N5.